The molecule has 9 nitrogen and oxygen atoms in total. The zero-order valence-corrected chi connectivity index (χ0v) is 18.9. The smallest absolute Gasteiger partial charge is 0.409 e. The molecule has 1 N–H and O–H groups in total. The highest BCUT2D eigenvalue weighted by Crippen LogP contribution is 2.21. The Labute approximate surface area is 191 Å². The van der Waals surface area contributed by atoms with Crippen molar-refractivity contribution in [2.24, 2.45) is 0 Å². The highest BCUT2D eigenvalue weighted by atomic mass is 32.1. The van der Waals surface area contributed by atoms with E-state index in [1.165, 1.54) is 22.5 Å². The van der Waals surface area contributed by atoms with Crippen LogP contribution in [0.2, 0.25) is 0 Å². The Balaban J connectivity index is 1.26. The van der Waals surface area contributed by atoms with Crippen molar-refractivity contribution in [2.75, 3.05) is 44.6 Å². The minimum Gasteiger partial charge on any atom is -0.450 e. The lowest BCUT2D eigenvalue weighted by molar-refractivity contribution is -0.131. The number of thiazole rings is 1. The zero-order chi connectivity index (χ0) is 22.5. The third kappa shape index (κ3) is 5.18. The van der Waals surface area contributed by atoms with Crippen LogP contribution >= 0.6 is 11.3 Å². The predicted molar refractivity (Wildman–Crippen MR) is 121 cm³/mol. The molecule has 0 atom stereocenters. The van der Waals surface area contributed by atoms with Gasteiger partial charge >= 0.3 is 12.1 Å². The van der Waals surface area contributed by atoms with E-state index in [2.05, 4.69) is 22.4 Å². The number of hydrogen-bond acceptors (Lipinski definition) is 6. The molecule has 0 saturated carbocycles. The monoisotopic (exact) mass is 457 g/mol. The van der Waals surface area contributed by atoms with Crippen LogP contribution < -0.4 is 5.32 Å². The predicted octanol–water partition coefficient (Wildman–Crippen LogP) is 2.58. The molecule has 3 heterocycles. The van der Waals surface area contributed by atoms with Gasteiger partial charge in [-0.2, -0.15) is 0 Å². The molecule has 2 aliphatic heterocycles. The summed E-state index contributed by atoms with van der Waals surface area (Å²) in [5, 5.41) is 5.08. The van der Waals surface area contributed by atoms with Crippen molar-refractivity contribution in [3.8, 4) is 0 Å². The van der Waals surface area contributed by atoms with Crippen molar-refractivity contribution in [1.82, 2.24) is 19.7 Å². The first kappa shape index (κ1) is 22.1. The molecule has 1 saturated heterocycles. The minimum atomic E-state index is -0.348. The fourth-order valence-corrected chi connectivity index (χ4v) is 4.60. The summed E-state index contributed by atoms with van der Waals surface area (Å²) in [6.45, 7) is 5.16. The molecule has 10 heteroatoms. The van der Waals surface area contributed by atoms with Crippen LogP contribution in [0.3, 0.4) is 0 Å². The van der Waals surface area contributed by atoms with Gasteiger partial charge in [0.25, 0.3) is 0 Å². The number of piperazine rings is 1. The van der Waals surface area contributed by atoms with Gasteiger partial charge in [-0.1, -0.05) is 24.3 Å². The van der Waals surface area contributed by atoms with Crippen LogP contribution in [-0.4, -0.2) is 77.0 Å². The quantitative estimate of drug-likeness (QED) is 0.762. The Hall–Kier alpha value is -3.14. The van der Waals surface area contributed by atoms with Crippen molar-refractivity contribution in [2.45, 2.75) is 26.3 Å². The molecular weight excluding hydrogens is 430 g/mol. The van der Waals surface area contributed by atoms with E-state index in [1.807, 2.05) is 22.4 Å². The van der Waals surface area contributed by atoms with Gasteiger partial charge in [0.2, 0.25) is 5.91 Å². The average Bonchev–Trinajstić information content (AvgIpc) is 3.25. The van der Waals surface area contributed by atoms with Gasteiger partial charge in [0.1, 0.15) is 0 Å². The lowest BCUT2D eigenvalue weighted by atomic mass is 10.00. The molecule has 0 unspecified atom stereocenters. The van der Waals surface area contributed by atoms with E-state index in [4.69, 9.17) is 4.74 Å². The number of fused-ring (bicyclic) bond motifs is 1. The number of carbonyl (C=O) groups is 3. The molecular formula is C22H27N5O4S. The highest BCUT2D eigenvalue weighted by molar-refractivity contribution is 7.13. The van der Waals surface area contributed by atoms with Crippen LogP contribution in [0.25, 0.3) is 0 Å². The molecule has 4 amide bonds. The number of aromatic nitrogens is 1. The van der Waals surface area contributed by atoms with E-state index in [0.717, 1.165) is 6.42 Å². The topological polar surface area (TPSA) is 95.1 Å². The minimum absolute atomic E-state index is 0.0396. The van der Waals surface area contributed by atoms with E-state index in [1.54, 1.807) is 16.7 Å². The number of nitrogens with zero attached hydrogens (tertiary/aromatic N) is 4. The van der Waals surface area contributed by atoms with Gasteiger partial charge in [-0.05, 0) is 24.5 Å². The Kier molecular flexibility index (Phi) is 6.89. The van der Waals surface area contributed by atoms with Crippen LogP contribution in [0.4, 0.5) is 14.7 Å². The summed E-state index contributed by atoms with van der Waals surface area (Å²) in [5.41, 5.74) is 3.15. The number of benzene rings is 1. The molecule has 0 aliphatic carbocycles. The van der Waals surface area contributed by atoms with Gasteiger partial charge in [-0.3, -0.25) is 10.1 Å². The first-order chi connectivity index (χ1) is 15.5. The van der Waals surface area contributed by atoms with E-state index in [-0.39, 0.29) is 24.5 Å². The van der Waals surface area contributed by atoms with Crippen LogP contribution in [0, 0.1) is 0 Å². The maximum absolute atomic E-state index is 12.7. The van der Waals surface area contributed by atoms with E-state index >= 15 is 0 Å². The van der Waals surface area contributed by atoms with Crippen molar-refractivity contribution < 1.29 is 19.1 Å². The molecule has 170 valence electrons. The number of hydrogen-bond donors (Lipinski definition) is 1. The maximum atomic E-state index is 12.7. The normalized spacial score (nSPS) is 15.8. The second-order valence-corrected chi connectivity index (χ2v) is 8.62. The number of nitrogens with one attached hydrogen (secondary N) is 1. The molecule has 0 radical (unpaired) electrons. The van der Waals surface area contributed by atoms with Crippen LogP contribution in [0.1, 0.15) is 23.7 Å². The van der Waals surface area contributed by atoms with Crippen LogP contribution in [0.5, 0.6) is 0 Å². The van der Waals surface area contributed by atoms with E-state index in [0.29, 0.717) is 56.7 Å². The number of anilines is 1. The summed E-state index contributed by atoms with van der Waals surface area (Å²) in [6, 6.07) is 7.95. The molecule has 2 aromatic rings. The fourth-order valence-electron chi connectivity index (χ4n) is 3.90. The average molecular weight is 458 g/mol. The summed E-state index contributed by atoms with van der Waals surface area (Å²) in [7, 11) is 0. The molecule has 1 fully saturated rings. The number of amides is 4. The Morgan fingerprint density at radius 3 is 2.50 bits per heavy atom. The highest BCUT2D eigenvalue weighted by Gasteiger charge is 2.26. The first-order valence-electron chi connectivity index (χ1n) is 10.8. The number of rotatable bonds is 4. The molecule has 1 aromatic heterocycles. The van der Waals surface area contributed by atoms with Gasteiger partial charge < -0.3 is 19.4 Å². The standard InChI is InChI=1S/C22H27N5O4S/c1-2-31-22(30)26-11-9-25(10-12-26)21(29)24-20-23-18(15-32-20)13-19(28)27-8-7-16-5-3-4-6-17(16)14-27/h3-6,15H,2,7-14H2,1H3,(H,23,24,29). The Morgan fingerprint density at radius 2 is 1.75 bits per heavy atom. The summed E-state index contributed by atoms with van der Waals surface area (Å²) in [4.78, 5) is 46.6. The van der Waals surface area contributed by atoms with E-state index < -0.39 is 0 Å². The van der Waals surface area contributed by atoms with Gasteiger partial charge in [-0.25, -0.2) is 14.6 Å². The molecule has 4 rings (SSSR count). The van der Waals surface area contributed by atoms with Crippen molar-refractivity contribution >= 4 is 34.5 Å². The van der Waals surface area contributed by atoms with Gasteiger partial charge in [0.15, 0.2) is 5.13 Å². The van der Waals surface area contributed by atoms with E-state index in [9.17, 15) is 14.4 Å². The molecule has 32 heavy (non-hydrogen) atoms. The summed E-state index contributed by atoms with van der Waals surface area (Å²) >= 11 is 1.31. The molecule has 0 spiro atoms. The summed E-state index contributed by atoms with van der Waals surface area (Å²) in [5.74, 6) is 0.0396. The third-order valence-corrected chi connectivity index (χ3v) is 6.48. The largest absolute Gasteiger partial charge is 0.450 e. The Morgan fingerprint density at radius 1 is 1.03 bits per heavy atom. The van der Waals surface area contributed by atoms with Crippen molar-refractivity contribution in [3.05, 3.63) is 46.5 Å². The molecule has 1 aromatic carbocycles. The number of urea groups is 1. The Bertz CT molecular complexity index is 986. The second kappa shape index (κ2) is 9.99. The summed E-state index contributed by atoms with van der Waals surface area (Å²) in [6.07, 6.45) is 0.732. The summed E-state index contributed by atoms with van der Waals surface area (Å²) < 4.78 is 5.00. The van der Waals surface area contributed by atoms with Crippen molar-refractivity contribution in [1.29, 1.82) is 0 Å². The van der Waals surface area contributed by atoms with Gasteiger partial charge in [0, 0.05) is 44.6 Å². The maximum Gasteiger partial charge on any atom is 0.409 e. The number of ether oxygens (including phenoxy) is 1. The fraction of sp³-hybridized carbons (Fsp3) is 0.455. The lowest BCUT2D eigenvalue weighted by Gasteiger charge is -2.33. The second-order valence-electron chi connectivity index (χ2n) is 7.76. The lowest BCUT2D eigenvalue weighted by Crippen LogP contribution is -2.51. The van der Waals surface area contributed by atoms with Crippen LogP contribution in [-0.2, 0) is 28.9 Å². The first-order valence-corrected chi connectivity index (χ1v) is 11.7. The SMILES string of the molecule is CCOC(=O)N1CCN(C(=O)Nc2nc(CC(=O)N3CCc4ccccc4C3)cs2)CC1. The van der Waals surface area contributed by atoms with Gasteiger partial charge in [0.05, 0.1) is 18.7 Å². The third-order valence-electron chi connectivity index (χ3n) is 5.67. The van der Waals surface area contributed by atoms with Crippen molar-refractivity contribution in [3.63, 3.8) is 0 Å². The zero-order valence-electron chi connectivity index (χ0n) is 18.1. The molecule has 0 bridgehead atoms. The van der Waals surface area contributed by atoms with Crippen LogP contribution in [0.15, 0.2) is 29.6 Å². The number of carbonyl (C=O) groups excluding carboxylic acids is 3. The molecule has 2 aliphatic rings. The van der Waals surface area contributed by atoms with Gasteiger partial charge in [-0.15, -0.1) is 11.3 Å².